The van der Waals surface area contributed by atoms with E-state index in [1.165, 1.54) is 0 Å². The Balaban J connectivity index is 1.55. The van der Waals surface area contributed by atoms with E-state index in [4.69, 9.17) is 10.5 Å². The Labute approximate surface area is 116 Å². The largest absolute Gasteiger partial charge is 0.376 e. The fourth-order valence-corrected chi connectivity index (χ4v) is 3.22. The van der Waals surface area contributed by atoms with Crippen molar-refractivity contribution < 1.29 is 4.74 Å². The van der Waals surface area contributed by atoms with Gasteiger partial charge in [-0.05, 0) is 25.0 Å². The van der Waals surface area contributed by atoms with Gasteiger partial charge in [0.05, 0.1) is 17.7 Å². The second-order valence-corrected chi connectivity index (χ2v) is 5.51. The predicted octanol–water partition coefficient (Wildman–Crippen LogP) is 0.941. The van der Waals surface area contributed by atoms with E-state index in [-0.39, 0.29) is 18.2 Å². The van der Waals surface area contributed by atoms with Gasteiger partial charge in [0.2, 0.25) is 5.95 Å². The van der Waals surface area contributed by atoms with E-state index >= 15 is 0 Å². The predicted molar refractivity (Wildman–Crippen MR) is 75.2 cm³/mol. The Morgan fingerprint density at radius 2 is 2.05 bits per heavy atom. The van der Waals surface area contributed by atoms with E-state index < -0.39 is 0 Å². The third kappa shape index (κ3) is 1.83. The van der Waals surface area contributed by atoms with Crippen LogP contribution in [0, 0.1) is 5.92 Å². The van der Waals surface area contributed by atoms with E-state index in [1.807, 2.05) is 24.3 Å². The molecule has 1 aliphatic carbocycles. The quantitative estimate of drug-likeness (QED) is 0.845. The molecule has 0 radical (unpaired) electrons. The summed E-state index contributed by atoms with van der Waals surface area (Å²) in [7, 11) is 0. The third-order valence-corrected chi connectivity index (χ3v) is 4.33. The van der Waals surface area contributed by atoms with Gasteiger partial charge in [0.25, 0.3) is 0 Å². The van der Waals surface area contributed by atoms with Crippen molar-refractivity contribution >= 4 is 17.0 Å². The van der Waals surface area contributed by atoms with Crippen LogP contribution >= 0.6 is 0 Å². The van der Waals surface area contributed by atoms with Gasteiger partial charge in [0, 0.05) is 18.6 Å². The SMILES string of the molecule is NC1C2CCCOC2C1Nc1nnc2ccccc2n1. The lowest BCUT2D eigenvalue weighted by molar-refractivity contribution is -0.104. The highest BCUT2D eigenvalue weighted by Crippen LogP contribution is 2.38. The molecule has 1 aliphatic heterocycles. The highest BCUT2D eigenvalue weighted by molar-refractivity contribution is 5.74. The zero-order valence-corrected chi connectivity index (χ0v) is 11.1. The molecular formula is C14H17N5O. The number of hydrogen-bond donors (Lipinski definition) is 2. The Morgan fingerprint density at radius 1 is 1.20 bits per heavy atom. The first-order valence-corrected chi connectivity index (χ1v) is 7.06. The Morgan fingerprint density at radius 3 is 2.95 bits per heavy atom. The fraction of sp³-hybridized carbons (Fsp3) is 0.500. The van der Waals surface area contributed by atoms with Crippen LogP contribution in [0.5, 0.6) is 0 Å². The summed E-state index contributed by atoms with van der Waals surface area (Å²) in [5, 5.41) is 11.6. The lowest BCUT2D eigenvalue weighted by Crippen LogP contribution is -2.69. The Kier molecular flexibility index (Phi) is 2.78. The summed E-state index contributed by atoms with van der Waals surface area (Å²) in [5.74, 6) is 0.992. The van der Waals surface area contributed by atoms with E-state index in [0.717, 1.165) is 30.5 Å². The van der Waals surface area contributed by atoms with Crippen molar-refractivity contribution in [1.29, 1.82) is 0 Å². The molecule has 0 spiro atoms. The molecule has 1 aromatic carbocycles. The molecule has 2 fully saturated rings. The maximum atomic E-state index is 6.22. The second-order valence-electron chi connectivity index (χ2n) is 5.51. The van der Waals surface area contributed by atoms with Crippen LogP contribution in [0.4, 0.5) is 5.95 Å². The number of fused-ring (bicyclic) bond motifs is 2. The number of aromatic nitrogens is 3. The summed E-state index contributed by atoms with van der Waals surface area (Å²) in [6, 6.07) is 7.88. The number of hydrogen-bond acceptors (Lipinski definition) is 6. The molecule has 4 rings (SSSR count). The van der Waals surface area contributed by atoms with Crippen molar-refractivity contribution in [2.75, 3.05) is 11.9 Å². The fourth-order valence-electron chi connectivity index (χ4n) is 3.22. The molecule has 3 N–H and O–H groups in total. The van der Waals surface area contributed by atoms with Crippen molar-refractivity contribution in [1.82, 2.24) is 15.2 Å². The molecule has 20 heavy (non-hydrogen) atoms. The monoisotopic (exact) mass is 271 g/mol. The van der Waals surface area contributed by atoms with Crippen LogP contribution in [0.3, 0.4) is 0 Å². The van der Waals surface area contributed by atoms with Gasteiger partial charge in [0.1, 0.15) is 5.52 Å². The molecule has 104 valence electrons. The van der Waals surface area contributed by atoms with Gasteiger partial charge in [-0.15, -0.1) is 10.2 Å². The summed E-state index contributed by atoms with van der Waals surface area (Å²) in [5.41, 5.74) is 7.85. The van der Waals surface area contributed by atoms with Gasteiger partial charge >= 0.3 is 0 Å². The third-order valence-electron chi connectivity index (χ3n) is 4.33. The first-order chi connectivity index (χ1) is 9.83. The molecule has 2 aromatic rings. The average molecular weight is 271 g/mol. The van der Waals surface area contributed by atoms with E-state index in [9.17, 15) is 0 Å². The van der Waals surface area contributed by atoms with Crippen LogP contribution in [0.2, 0.25) is 0 Å². The van der Waals surface area contributed by atoms with Gasteiger partial charge in [-0.25, -0.2) is 4.98 Å². The van der Waals surface area contributed by atoms with Crippen LogP contribution in [0.1, 0.15) is 12.8 Å². The van der Waals surface area contributed by atoms with Crippen LogP contribution < -0.4 is 11.1 Å². The van der Waals surface area contributed by atoms with Gasteiger partial charge in [-0.1, -0.05) is 12.1 Å². The minimum atomic E-state index is 0.0864. The average Bonchev–Trinajstić information content (AvgIpc) is 2.52. The Hall–Kier alpha value is -1.79. The van der Waals surface area contributed by atoms with Gasteiger partial charge in [-0.2, -0.15) is 0 Å². The maximum absolute atomic E-state index is 6.22. The molecule has 1 saturated carbocycles. The van der Waals surface area contributed by atoms with Crippen molar-refractivity contribution in [3.05, 3.63) is 24.3 Å². The van der Waals surface area contributed by atoms with Crippen molar-refractivity contribution in [3.63, 3.8) is 0 Å². The van der Waals surface area contributed by atoms with Crippen molar-refractivity contribution in [3.8, 4) is 0 Å². The number of nitrogens with one attached hydrogen (secondary N) is 1. The number of nitrogens with two attached hydrogens (primary N) is 1. The lowest BCUT2D eigenvalue weighted by atomic mass is 9.69. The number of ether oxygens (including phenoxy) is 1. The van der Waals surface area contributed by atoms with Crippen molar-refractivity contribution in [2.24, 2.45) is 11.7 Å². The number of para-hydroxylation sites is 1. The van der Waals surface area contributed by atoms with Gasteiger partial charge in [0.15, 0.2) is 0 Å². The van der Waals surface area contributed by atoms with Gasteiger partial charge < -0.3 is 15.8 Å². The number of nitrogens with zero attached hydrogens (tertiary/aromatic N) is 3. The van der Waals surface area contributed by atoms with E-state index in [2.05, 4.69) is 20.5 Å². The van der Waals surface area contributed by atoms with Crippen LogP contribution in [-0.2, 0) is 4.74 Å². The first kappa shape index (κ1) is 12.0. The van der Waals surface area contributed by atoms with Crippen LogP contribution in [0.15, 0.2) is 24.3 Å². The highest BCUT2D eigenvalue weighted by Gasteiger charge is 2.50. The number of benzene rings is 1. The molecule has 0 bridgehead atoms. The molecule has 1 aromatic heterocycles. The molecular weight excluding hydrogens is 254 g/mol. The summed E-state index contributed by atoms with van der Waals surface area (Å²) in [4.78, 5) is 4.47. The zero-order chi connectivity index (χ0) is 13.5. The zero-order valence-electron chi connectivity index (χ0n) is 11.1. The summed E-state index contributed by atoms with van der Waals surface area (Å²) >= 11 is 0. The molecule has 2 aliphatic rings. The van der Waals surface area contributed by atoms with Crippen molar-refractivity contribution in [2.45, 2.75) is 31.0 Å². The number of rotatable bonds is 2. The first-order valence-electron chi connectivity index (χ1n) is 7.06. The number of anilines is 1. The molecule has 6 nitrogen and oxygen atoms in total. The molecule has 2 heterocycles. The standard InChI is InChI=1S/C14H17N5O/c15-11-8-4-3-7-20-13(8)12(11)17-14-16-9-5-1-2-6-10(9)18-19-14/h1-2,5-6,8,11-13H,3-4,7,15H2,(H,16,17,19). The Bertz CT molecular complexity index is 634. The molecule has 6 heteroatoms. The topological polar surface area (TPSA) is 86.0 Å². The minimum Gasteiger partial charge on any atom is -0.376 e. The minimum absolute atomic E-state index is 0.0864. The molecule has 4 unspecified atom stereocenters. The van der Waals surface area contributed by atoms with Crippen LogP contribution in [-0.4, -0.2) is 40.0 Å². The molecule has 1 saturated heterocycles. The smallest absolute Gasteiger partial charge is 0.243 e. The van der Waals surface area contributed by atoms with E-state index in [1.54, 1.807) is 0 Å². The summed E-state index contributed by atoms with van der Waals surface area (Å²) in [6.45, 7) is 0.822. The molecule has 4 atom stereocenters. The summed E-state index contributed by atoms with van der Waals surface area (Å²) in [6.07, 6.45) is 2.45. The van der Waals surface area contributed by atoms with E-state index in [0.29, 0.717) is 11.9 Å². The van der Waals surface area contributed by atoms with Crippen LogP contribution in [0.25, 0.3) is 11.0 Å². The summed E-state index contributed by atoms with van der Waals surface area (Å²) < 4.78 is 5.80. The maximum Gasteiger partial charge on any atom is 0.243 e. The molecule has 0 amide bonds. The lowest BCUT2D eigenvalue weighted by Gasteiger charge is -2.52. The normalized spacial score (nSPS) is 32.5. The second kappa shape index (κ2) is 4.64. The highest BCUT2D eigenvalue weighted by atomic mass is 16.5. The van der Waals surface area contributed by atoms with Gasteiger partial charge in [-0.3, -0.25) is 0 Å².